The first-order chi connectivity index (χ1) is 7.41. The van der Waals surface area contributed by atoms with E-state index in [0.717, 1.165) is 12.1 Å². The molecule has 1 aromatic heterocycles. The van der Waals surface area contributed by atoms with Gasteiger partial charge in [-0.25, -0.2) is 0 Å². The van der Waals surface area contributed by atoms with Crippen LogP contribution in [0.2, 0.25) is 0 Å². The molecule has 2 N–H and O–H groups in total. The average Bonchev–Trinajstić information content (AvgIpc) is 2.15. The van der Waals surface area contributed by atoms with Crippen LogP contribution in [0.25, 0.3) is 0 Å². The topological polar surface area (TPSA) is 66.0 Å². The highest BCUT2D eigenvalue weighted by molar-refractivity contribution is 5.06. The molecule has 4 heteroatoms. The Labute approximate surface area is 95.7 Å². The van der Waals surface area contributed by atoms with Crippen LogP contribution in [0, 0.1) is 11.8 Å². The van der Waals surface area contributed by atoms with Crippen LogP contribution in [0.15, 0.2) is 11.0 Å². The number of aromatic amines is 1. The maximum absolute atomic E-state index is 11.7. The molecule has 0 aromatic carbocycles. The fourth-order valence-corrected chi connectivity index (χ4v) is 1.52. The van der Waals surface area contributed by atoms with E-state index in [1.165, 1.54) is 0 Å². The van der Waals surface area contributed by atoms with Gasteiger partial charge in [-0.1, -0.05) is 27.7 Å². The van der Waals surface area contributed by atoms with Gasteiger partial charge in [0.25, 0.3) is 5.56 Å². The van der Waals surface area contributed by atoms with Gasteiger partial charge >= 0.3 is 0 Å². The standard InChI is InChI=1S/C12H20N2O2/c1-7(2)5-9-6-13-10(12(16)14-9)11(15)8(3)4/h6-8,11,15H,5H2,1-4H3,(H,14,16)/t11-/m1/s1. The number of aliphatic hydroxyl groups is 1. The molecule has 1 heterocycles. The highest BCUT2D eigenvalue weighted by Crippen LogP contribution is 2.15. The quantitative estimate of drug-likeness (QED) is 0.817. The Bertz CT molecular complexity index is 396. The molecule has 1 rings (SSSR count). The lowest BCUT2D eigenvalue weighted by Crippen LogP contribution is -2.23. The number of aromatic nitrogens is 2. The van der Waals surface area contributed by atoms with Crippen molar-refractivity contribution >= 4 is 0 Å². The Morgan fingerprint density at radius 1 is 1.38 bits per heavy atom. The Morgan fingerprint density at radius 2 is 2.00 bits per heavy atom. The van der Waals surface area contributed by atoms with Gasteiger partial charge in [-0.2, -0.15) is 0 Å². The molecule has 0 bridgehead atoms. The molecule has 1 atom stereocenters. The van der Waals surface area contributed by atoms with Gasteiger partial charge in [0.05, 0.1) is 0 Å². The zero-order valence-corrected chi connectivity index (χ0v) is 10.3. The van der Waals surface area contributed by atoms with Gasteiger partial charge < -0.3 is 10.1 Å². The first kappa shape index (κ1) is 12.9. The summed E-state index contributed by atoms with van der Waals surface area (Å²) in [6.45, 7) is 7.87. The van der Waals surface area contributed by atoms with E-state index in [1.807, 2.05) is 13.8 Å². The number of rotatable bonds is 4. The van der Waals surface area contributed by atoms with Crippen LogP contribution in [-0.2, 0) is 6.42 Å². The molecule has 0 aliphatic carbocycles. The molecular formula is C12H20N2O2. The van der Waals surface area contributed by atoms with E-state index in [0.29, 0.717) is 5.92 Å². The van der Waals surface area contributed by atoms with Gasteiger partial charge in [0.2, 0.25) is 0 Å². The van der Waals surface area contributed by atoms with Crippen molar-refractivity contribution in [1.29, 1.82) is 0 Å². The molecule has 0 aliphatic heterocycles. The molecule has 0 saturated carbocycles. The van der Waals surface area contributed by atoms with Crippen molar-refractivity contribution in [3.63, 3.8) is 0 Å². The molecule has 0 unspecified atom stereocenters. The van der Waals surface area contributed by atoms with Crippen molar-refractivity contribution in [3.05, 3.63) is 27.9 Å². The monoisotopic (exact) mass is 224 g/mol. The molecule has 0 fully saturated rings. The Morgan fingerprint density at radius 3 is 2.44 bits per heavy atom. The van der Waals surface area contributed by atoms with Crippen molar-refractivity contribution in [2.75, 3.05) is 0 Å². The predicted molar refractivity (Wildman–Crippen MR) is 63.2 cm³/mol. The van der Waals surface area contributed by atoms with Crippen LogP contribution in [0.4, 0.5) is 0 Å². The largest absolute Gasteiger partial charge is 0.386 e. The van der Waals surface area contributed by atoms with Crippen LogP contribution in [0.1, 0.15) is 45.2 Å². The fraction of sp³-hybridized carbons (Fsp3) is 0.667. The summed E-state index contributed by atoms with van der Waals surface area (Å²) in [6, 6.07) is 0. The van der Waals surface area contributed by atoms with E-state index < -0.39 is 6.10 Å². The highest BCUT2D eigenvalue weighted by atomic mass is 16.3. The van der Waals surface area contributed by atoms with Crippen LogP contribution in [-0.4, -0.2) is 15.1 Å². The summed E-state index contributed by atoms with van der Waals surface area (Å²) >= 11 is 0. The maximum atomic E-state index is 11.7. The second kappa shape index (κ2) is 5.25. The third kappa shape index (κ3) is 3.17. The second-order valence-corrected chi connectivity index (χ2v) is 4.91. The van der Waals surface area contributed by atoms with E-state index in [-0.39, 0.29) is 17.2 Å². The Kier molecular flexibility index (Phi) is 4.24. The third-order valence-electron chi connectivity index (χ3n) is 2.41. The number of nitrogens with one attached hydrogen (secondary N) is 1. The number of hydrogen-bond acceptors (Lipinski definition) is 3. The lowest BCUT2D eigenvalue weighted by Gasteiger charge is -2.13. The van der Waals surface area contributed by atoms with Crippen molar-refractivity contribution in [1.82, 2.24) is 9.97 Å². The SMILES string of the molecule is CC(C)Cc1cnc([C@H](O)C(C)C)c(=O)[nH]1. The first-order valence-corrected chi connectivity index (χ1v) is 5.68. The lowest BCUT2D eigenvalue weighted by molar-refractivity contribution is 0.121. The van der Waals surface area contributed by atoms with Crippen molar-refractivity contribution < 1.29 is 5.11 Å². The van der Waals surface area contributed by atoms with Crippen LogP contribution in [0.5, 0.6) is 0 Å². The molecule has 0 spiro atoms. The van der Waals surface area contributed by atoms with Crippen molar-refractivity contribution in [3.8, 4) is 0 Å². The van der Waals surface area contributed by atoms with Gasteiger partial charge in [0.1, 0.15) is 11.8 Å². The molecule has 1 aromatic rings. The first-order valence-electron chi connectivity index (χ1n) is 5.68. The molecule has 0 aliphatic rings. The summed E-state index contributed by atoms with van der Waals surface area (Å²) in [5.74, 6) is 0.461. The minimum atomic E-state index is -0.795. The maximum Gasteiger partial charge on any atom is 0.272 e. The van der Waals surface area contributed by atoms with E-state index >= 15 is 0 Å². The Hall–Kier alpha value is -1.16. The second-order valence-electron chi connectivity index (χ2n) is 4.91. The molecule has 16 heavy (non-hydrogen) atoms. The number of nitrogens with zero attached hydrogens (tertiary/aromatic N) is 1. The van der Waals surface area contributed by atoms with Gasteiger partial charge in [-0.3, -0.25) is 9.78 Å². The van der Waals surface area contributed by atoms with E-state index in [9.17, 15) is 9.90 Å². The zero-order chi connectivity index (χ0) is 12.3. The van der Waals surface area contributed by atoms with Gasteiger partial charge in [-0.15, -0.1) is 0 Å². The number of H-pyrrole nitrogens is 1. The van der Waals surface area contributed by atoms with E-state index in [2.05, 4.69) is 23.8 Å². The minimum Gasteiger partial charge on any atom is -0.386 e. The molecule has 0 amide bonds. The zero-order valence-electron chi connectivity index (χ0n) is 10.3. The molecule has 0 saturated heterocycles. The molecule has 4 nitrogen and oxygen atoms in total. The van der Waals surface area contributed by atoms with Gasteiger partial charge in [0, 0.05) is 11.9 Å². The van der Waals surface area contributed by atoms with E-state index in [1.54, 1.807) is 6.20 Å². The van der Waals surface area contributed by atoms with E-state index in [4.69, 9.17) is 0 Å². The number of aliphatic hydroxyl groups excluding tert-OH is 1. The van der Waals surface area contributed by atoms with Crippen LogP contribution in [0.3, 0.4) is 0 Å². The van der Waals surface area contributed by atoms with Gasteiger partial charge in [-0.05, 0) is 18.3 Å². The predicted octanol–water partition coefficient (Wildman–Crippen LogP) is 1.66. The molecular weight excluding hydrogens is 204 g/mol. The summed E-state index contributed by atoms with van der Waals surface area (Å²) in [5, 5.41) is 9.77. The molecule has 0 radical (unpaired) electrons. The highest BCUT2D eigenvalue weighted by Gasteiger charge is 2.17. The minimum absolute atomic E-state index is 0.00968. The van der Waals surface area contributed by atoms with Crippen molar-refractivity contribution in [2.24, 2.45) is 11.8 Å². The molecule has 90 valence electrons. The van der Waals surface area contributed by atoms with Gasteiger partial charge in [0.15, 0.2) is 0 Å². The summed E-state index contributed by atoms with van der Waals surface area (Å²) in [5.41, 5.74) is 0.751. The number of hydrogen-bond donors (Lipinski definition) is 2. The fourth-order valence-electron chi connectivity index (χ4n) is 1.52. The summed E-state index contributed by atoms with van der Waals surface area (Å²) in [7, 11) is 0. The summed E-state index contributed by atoms with van der Waals surface area (Å²) < 4.78 is 0. The van der Waals surface area contributed by atoms with Crippen molar-refractivity contribution in [2.45, 2.75) is 40.2 Å². The van der Waals surface area contributed by atoms with Crippen LogP contribution < -0.4 is 5.56 Å². The summed E-state index contributed by atoms with van der Waals surface area (Å²) in [6.07, 6.45) is 1.64. The normalized spacial score (nSPS) is 13.4. The lowest BCUT2D eigenvalue weighted by atomic mass is 10.0. The van der Waals surface area contributed by atoms with Crippen LogP contribution >= 0.6 is 0 Å². The Balaban J connectivity index is 2.96. The third-order valence-corrected chi connectivity index (χ3v) is 2.41. The summed E-state index contributed by atoms with van der Waals surface area (Å²) in [4.78, 5) is 18.5. The average molecular weight is 224 g/mol. The smallest absolute Gasteiger partial charge is 0.272 e.